The molecule has 1 amide bonds. The van der Waals surface area contributed by atoms with Crippen LogP contribution in [0, 0.1) is 6.92 Å². The molecule has 11 heteroatoms. The number of sulfonamides is 1. The maximum absolute atomic E-state index is 12.5. The lowest BCUT2D eigenvalue weighted by atomic mass is 10.3. The standard InChI is InChI=1S/C17H21N3O6S2/c1-5-25-16(22)15-11(2)18-17(27-15)19-28(23,24)13-8-6-12(7-9-13)26-10-14(21)20(3)4/h6-9H,5,10H2,1-4H3,(H,18,19). The minimum atomic E-state index is -3.90. The van der Waals surface area contributed by atoms with Crippen LogP contribution in [0.4, 0.5) is 5.13 Å². The summed E-state index contributed by atoms with van der Waals surface area (Å²) in [6.45, 7) is 3.35. The highest BCUT2D eigenvalue weighted by atomic mass is 32.2. The molecule has 0 fully saturated rings. The molecule has 0 aliphatic heterocycles. The average Bonchev–Trinajstić information content (AvgIpc) is 2.99. The van der Waals surface area contributed by atoms with Crippen LogP contribution >= 0.6 is 11.3 Å². The Kier molecular flexibility index (Phi) is 6.97. The molecular formula is C17H21N3O6S2. The number of hydrogen-bond acceptors (Lipinski definition) is 8. The Hall–Kier alpha value is -2.66. The normalized spacial score (nSPS) is 11.0. The first-order chi connectivity index (χ1) is 13.1. The number of carbonyl (C=O) groups excluding carboxylic acids is 2. The van der Waals surface area contributed by atoms with Crippen molar-refractivity contribution in [3.05, 3.63) is 34.8 Å². The van der Waals surface area contributed by atoms with Crippen LogP contribution in [0.2, 0.25) is 0 Å². The van der Waals surface area contributed by atoms with E-state index in [0.29, 0.717) is 11.4 Å². The maximum atomic E-state index is 12.5. The van der Waals surface area contributed by atoms with E-state index in [1.54, 1.807) is 27.9 Å². The van der Waals surface area contributed by atoms with E-state index in [1.165, 1.54) is 29.2 Å². The van der Waals surface area contributed by atoms with Crippen LogP contribution in [0.15, 0.2) is 29.2 Å². The Morgan fingerprint density at radius 2 is 1.86 bits per heavy atom. The predicted molar refractivity (Wildman–Crippen MR) is 104 cm³/mol. The third-order valence-electron chi connectivity index (χ3n) is 3.47. The predicted octanol–water partition coefficient (Wildman–Crippen LogP) is 1.90. The van der Waals surface area contributed by atoms with Gasteiger partial charge in [0.1, 0.15) is 10.6 Å². The molecule has 0 radical (unpaired) electrons. The quantitative estimate of drug-likeness (QED) is 0.640. The Morgan fingerprint density at radius 1 is 1.21 bits per heavy atom. The van der Waals surface area contributed by atoms with Crippen molar-refractivity contribution in [2.75, 3.05) is 32.0 Å². The number of ether oxygens (including phenoxy) is 2. The molecule has 1 aromatic heterocycles. The molecule has 28 heavy (non-hydrogen) atoms. The van der Waals surface area contributed by atoms with E-state index >= 15 is 0 Å². The number of anilines is 1. The fourth-order valence-electron chi connectivity index (χ4n) is 1.99. The summed E-state index contributed by atoms with van der Waals surface area (Å²) in [5.41, 5.74) is 0.385. The first-order valence-corrected chi connectivity index (χ1v) is 10.5. The Morgan fingerprint density at radius 3 is 2.43 bits per heavy atom. The van der Waals surface area contributed by atoms with Gasteiger partial charge in [-0.05, 0) is 38.1 Å². The Labute approximate surface area is 167 Å². The zero-order valence-electron chi connectivity index (χ0n) is 15.9. The van der Waals surface area contributed by atoms with Gasteiger partial charge in [-0.2, -0.15) is 0 Å². The summed E-state index contributed by atoms with van der Waals surface area (Å²) >= 11 is 0.903. The van der Waals surface area contributed by atoms with E-state index in [-0.39, 0.29) is 34.0 Å². The number of aryl methyl sites for hydroxylation is 1. The molecule has 0 aliphatic rings. The van der Waals surface area contributed by atoms with Crippen molar-refractivity contribution in [3.8, 4) is 5.75 Å². The number of nitrogens with one attached hydrogen (secondary N) is 1. The number of rotatable bonds is 8. The number of esters is 1. The molecule has 0 aliphatic carbocycles. The third-order valence-corrected chi connectivity index (χ3v) is 6.01. The number of aromatic nitrogens is 1. The number of nitrogens with zero attached hydrogens (tertiary/aromatic N) is 2. The van der Waals surface area contributed by atoms with Crippen molar-refractivity contribution in [3.63, 3.8) is 0 Å². The topological polar surface area (TPSA) is 115 Å². The first kappa shape index (κ1) is 21.6. The number of likely N-dealkylation sites (N-methyl/N-ethyl adjacent to an activating group) is 1. The number of thiazole rings is 1. The summed E-state index contributed by atoms with van der Waals surface area (Å²) in [5.74, 6) is -0.393. The van der Waals surface area contributed by atoms with Crippen LogP contribution in [0.5, 0.6) is 5.75 Å². The molecule has 0 unspecified atom stereocenters. The molecule has 9 nitrogen and oxygen atoms in total. The van der Waals surface area contributed by atoms with E-state index in [0.717, 1.165) is 11.3 Å². The number of carbonyl (C=O) groups is 2. The van der Waals surface area contributed by atoms with E-state index in [4.69, 9.17) is 9.47 Å². The molecular weight excluding hydrogens is 406 g/mol. The van der Waals surface area contributed by atoms with Gasteiger partial charge in [0.25, 0.3) is 15.9 Å². The second-order valence-electron chi connectivity index (χ2n) is 5.81. The Balaban J connectivity index is 2.09. The molecule has 0 saturated heterocycles. The van der Waals surface area contributed by atoms with Crippen LogP contribution in [-0.4, -0.2) is 57.5 Å². The molecule has 0 saturated carbocycles. The molecule has 0 spiro atoms. The van der Waals surface area contributed by atoms with E-state index in [1.807, 2.05) is 0 Å². The minimum Gasteiger partial charge on any atom is -0.484 e. The average molecular weight is 428 g/mol. The van der Waals surface area contributed by atoms with Crippen molar-refractivity contribution in [2.45, 2.75) is 18.7 Å². The number of benzene rings is 1. The summed E-state index contributed by atoms with van der Waals surface area (Å²) in [6, 6.07) is 5.61. The highest BCUT2D eigenvalue weighted by molar-refractivity contribution is 7.93. The second kappa shape index (κ2) is 9.02. The van der Waals surface area contributed by atoms with Gasteiger partial charge >= 0.3 is 5.97 Å². The van der Waals surface area contributed by atoms with Crippen LogP contribution in [-0.2, 0) is 19.6 Å². The van der Waals surface area contributed by atoms with Crippen LogP contribution in [0.25, 0.3) is 0 Å². The van der Waals surface area contributed by atoms with Gasteiger partial charge in [-0.1, -0.05) is 11.3 Å². The summed E-state index contributed by atoms with van der Waals surface area (Å²) < 4.78 is 37.6. The van der Waals surface area contributed by atoms with E-state index in [9.17, 15) is 18.0 Å². The minimum absolute atomic E-state index is 0.00989. The lowest BCUT2D eigenvalue weighted by Gasteiger charge is -2.11. The molecule has 0 bridgehead atoms. The van der Waals surface area contributed by atoms with Crippen molar-refractivity contribution in [2.24, 2.45) is 0 Å². The lowest BCUT2D eigenvalue weighted by molar-refractivity contribution is -0.130. The van der Waals surface area contributed by atoms with Gasteiger partial charge in [0, 0.05) is 14.1 Å². The SMILES string of the molecule is CCOC(=O)c1sc(NS(=O)(=O)c2ccc(OCC(=O)N(C)C)cc2)nc1C. The van der Waals surface area contributed by atoms with Crippen molar-refractivity contribution in [1.82, 2.24) is 9.88 Å². The molecule has 1 N–H and O–H groups in total. The third kappa shape index (κ3) is 5.42. The highest BCUT2D eigenvalue weighted by Crippen LogP contribution is 2.26. The van der Waals surface area contributed by atoms with Gasteiger partial charge < -0.3 is 14.4 Å². The number of amides is 1. The molecule has 0 atom stereocenters. The fraction of sp³-hybridized carbons (Fsp3) is 0.353. The van der Waals surface area contributed by atoms with Crippen molar-refractivity contribution >= 4 is 38.4 Å². The molecule has 2 rings (SSSR count). The molecule has 2 aromatic rings. The molecule has 1 heterocycles. The van der Waals surface area contributed by atoms with Crippen LogP contribution in [0.3, 0.4) is 0 Å². The van der Waals surface area contributed by atoms with Crippen molar-refractivity contribution in [1.29, 1.82) is 0 Å². The lowest BCUT2D eigenvalue weighted by Crippen LogP contribution is -2.27. The van der Waals surface area contributed by atoms with Crippen molar-refractivity contribution < 1.29 is 27.5 Å². The molecule has 152 valence electrons. The van der Waals surface area contributed by atoms with Gasteiger partial charge in [-0.15, -0.1) is 0 Å². The van der Waals surface area contributed by atoms with Crippen LogP contribution in [0.1, 0.15) is 22.3 Å². The Bertz CT molecular complexity index is 952. The monoisotopic (exact) mass is 427 g/mol. The van der Waals surface area contributed by atoms with Gasteiger partial charge in [-0.25, -0.2) is 18.2 Å². The van der Waals surface area contributed by atoms with Crippen LogP contribution < -0.4 is 9.46 Å². The zero-order chi connectivity index (χ0) is 20.9. The summed E-state index contributed by atoms with van der Waals surface area (Å²) in [5, 5.41) is 0.0671. The van der Waals surface area contributed by atoms with Gasteiger partial charge in [0.15, 0.2) is 11.7 Å². The van der Waals surface area contributed by atoms with E-state index < -0.39 is 16.0 Å². The van der Waals surface area contributed by atoms with Gasteiger partial charge in [0.2, 0.25) is 0 Å². The largest absolute Gasteiger partial charge is 0.484 e. The summed E-state index contributed by atoms with van der Waals surface area (Å²) in [4.78, 5) is 29.0. The zero-order valence-corrected chi connectivity index (χ0v) is 17.5. The highest BCUT2D eigenvalue weighted by Gasteiger charge is 2.21. The van der Waals surface area contributed by atoms with Gasteiger partial charge in [0.05, 0.1) is 17.2 Å². The second-order valence-corrected chi connectivity index (χ2v) is 8.49. The van der Waals surface area contributed by atoms with Gasteiger partial charge in [-0.3, -0.25) is 9.52 Å². The number of hydrogen-bond donors (Lipinski definition) is 1. The smallest absolute Gasteiger partial charge is 0.350 e. The maximum Gasteiger partial charge on any atom is 0.350 e. The summed E-state index contributed by atoms with van der Waals surface area (Å²) in [7, 11) is -0.677. The van der Waals surface area contributed by atoms with E-state index in [2.05, 4.69) is 9.71 Å². The summed E-state index contributed by atoms with van der Waals surface area (Å²) in [6.07, 6.45) is 0. The molecule has 1 aromatic carbocycles. The fourth-order valence-corrected chi connectivity index (χ4v) is 4.08. The first-order valence-electron chi connectivity index (χ1n) is 8.24.